The average molecular weight is 375 g/mol. The van der Waals surface area contributed by atoms with E-state index in [-0.39, 0.29) is 0 Å². The molecular formula is C20H30N4OS. The lowest BCUT2D eigenvalue weighted by Gasteiger charge is -2.37. The van der Waals surface area contributed by atoms with Gasteiger partial charge in [-0.1, -0.05) is 24.2 Å². The maximum absolute atomic E-state index is 12.7. The van der Waals surface area contributed by atoms with Gasteiger partial charge in [-0.15, -0.1) is 0 Å². The van der Waals surface area contributed by atoms with E-state index in [0.29, 0.717) is 11.8 Å². The first-order valence-corrected chi connectivity index (χ1v) is 11.3. The number of hydrogen-bond acceptors (Lipinski definition) is 5. The summed E-state index contributed by atoms with van der Waals surface area (Å²) >= 11 is 1.84. The summed E-state index contributed by atoms with van der Waals surface area (Å²) in [5, 5.41) is 1.20. The predicted octanol–water partition coefficient (Wildman–Crippen LogP) is 2.89. The van der Waals surface area contributed by atoms with Gasteiger partial charge in [-0.2, -0.15) is 0 Å². The van der Waals surface area contributed by atoms with Gasteiger partial charge in [0.2, 0.25) is 5.91 Å². The highest BCUT2D eigenvalue weighted by Gasteiger charge is 2.33. The van der Waals surface area contributed by atoms with Gasteiger partial charge in [0.1, 0.15) is 0 Å². The molecule has 1 atom stereocenters. The Labute approximate surface area is 160 Å². The molecule has 0 aromatic carbocycles. The van der Waals surface area contributed by atoms with E-state index in [0.717, 1.165) is 45.1 Å². The Balaban J connectivity index is 1.23. The Kier molecular flexibility index (Phi) is 4.65. The predicted molar refractivity (Wildman–Crippen MR) is 105 cm³/mol. The van der Waals surface area contributed by atoms with Gasteiger partial charge in [-0.3, -0.25) is 9.69 Å². The molecule has 5 rings (SSSR count). The lowest BCUT2D eigenvalue weighted by Crippen LogP contribution is -2.50. The zero-order chi connectivity index (χ0) is 17.5. The number of hydrogen-bond donors (Lipinski definition) is 0. The van der Waals surface area contributed by atoms with Crippen LogP contribution in [0.15, 0.2) is 0 Å². The summed E-state index contributed by atoms with van der Waals surface area (Å²) in [5.74, 6) is 1.01. The molecule has 142 valence electrons. The summed E-state index contributed by atoms with van der Waals surface area (Å²) < 4.78 is 0. The molecule has 0 spiro atoms. The number of carbonyl (C=O) groups is 1. The number of rotatable bonds is 3. The first kappa shape index (κ1) is 17.0. The van der Waals surface area contributed by atoms with Crippen LogP contribution in [-0.4, -0.2) is 59.5 Å². The molecule has 6 heteroatoms. The normalized spacial score (nSPS) is 27.0. The van der Waals surface area contributed by atoms with Crippen LogP contribution in [-0.2, 0) is 17.8 Å². The molecule has 0 N–H and O–H groups in total. The first-order valence-electron chi connectivity index (χ1n) is 10.5. The second kappa shape index (κ2) is 7.12. The van der Waals surface area contributed by atoms with E-state index in [9.17, 15) is 4.79 Å². The molecule has 0 bridgehead atoms. The summed E-state index contributed by atoms with van der Waals surface area (Å²) in [6.45, 7) is 6.36. The molecule has 1 aliphatic carbocycles. The van der Waals surface area contributed by atoms with Gasteiger partial charge in [0.25, 0.3) is 0 Å². The maximum atomic E-state index is 12.7. The third-order valence-corrected chi connectivity index (χ3v) is 8.01. The topological polar surface area (TPSA) is 39.7 Å². The summed E-state index contributed by atoms with van der Waals surface area (Å²) in [6, 6.07) is 0.731. The number of piperazine rings is 1. The van der Waals surface area contributed by atoms with E-state index < -0.39 is 0 Å². The van der Waals surface area contributed by atoms with Crippen LogP contribution in [0, 0.1) is 5.92 Å². The van der Waals surface area contributed by atoms with Gasteiger partial charge in [0, 0.05) is 49.9 Å². The lowest BCUT2D eigenvalue weighted by molar-refractivity contribution is -0.133. The van der Waals surface area contributed by atoms with Crippen molar-refractivity contribution in [3.05, 3.63) is 10.6 Å². The number of thiazole rings is 1. The van der Waals surface area contributed by atoms with Crippen molar-refractivity contribution in [3.63, 3.8) is 0 Å². The van der Waals surface area contributed by atoms with Gasteiger partial charge in [0.05, 0.1) is 12.2 Å². The van der Waals surface area contributed by atoms with E-state index in [2.05, 4.69) is 14.7 Å². The SMILES string of the molecule is O=C(CC1CCCC1)N1CCc2nc(N3CCN4CCC[C@H]4C3)sc2C1. The third-order valence-electron chi connectivity index (χ3n) is 6.87. The monoisotopic (exact) mass is 374 g/mol. The highest BCUT2D eigenvalue weighted by atomic mass is 32.1. The van der Waals surface area contributed by atoms with Gasteiger partial charge < -0.3 is 9.80 Å². The number of fused-ring (bicyclic) bond motifs is 2. The minimum Gasteiger partial charge on any atom is -0.345 e. The van der Waals surface area contributed by atoms with Crippen LogP contribution >= 0.6 is 11.3 Å². The molecule has 1 aromatic rings. The highest BCUT2D eigenvalue weighted by Crippen LogP contribution is 2.34. The Morgan fingerprint density at radius 1 is 1.08 bits per heavy atom. The van der Waals surface area contributed by atoms with Crippen molar-refractivity contribution in [1.82, 2.24) is 14.8 Å². The van der Waals surface area contributed by atoms with Crippen molar-refractivity contribution >= 4 is 22.4 Å². The van der Waals surface area contributed by atoms with Gasteiger partial charge in [-0.25, -0.2) is 4.98 Å². The summed E-state index contributed by atoms with van der Waals surface area (Å²) in [6.07, 6.45) is 9.53. The van der Waals surface area contributed by atoms with Crippen molar-refractivity contribution in [1.29, 1.82) is 0 Å². The fourth-order valence-electron chi connectivity index (χ4n) is 5.29. The molecule has 3 fully saturated rings. The fraction of sp³-hybridized carbons (Fsp3) is 0.800. The minimum absolute atomic E-state index is 0.372. The highest BCUT2D eigenvalue weighted by molar-refractivity contribution is 7.15. The van der Waals surface area contributed by atoms with E-state index >= 15 is 0 Å². The summed E-state index contributed by atoms with van der Waals surface area (Å²) in [7, 11) is 0. The first-order chi connectivity index (χ1) is 12.8. The molecule has 5 nitrogen and oxygen atoms in total. The van der Waals surface area contributed by atoms with Crippen LogP contribution in [0.3, 0.4) is 0 Å². The molecule has 2 saturated heterocycles. The molecule has 1 aromatic heterocycles. The van der Waals surface area contributed by atoms with Crippen LogP contribution < -0.4 is 4.90 Å². The second-order valence-corrected chi connectivity index (χ2v) is 9.63. The van der Waals surface area contributed by atoms with Crippen molar-refractivity contribution in [2.24, 2.45) is 5.92 Å². The quantitative estimate of drug-likeness (QED) is 0.816. The van der Waals surface area contributed by atoms with Crippen molar-refractivity contribution < 1.29 is 4.79 Å². The molecule has 26 heavy (non-hydrogen) atoms. The van der Waals surface area contributed by atoms with E-state index in [1.165, 1.54) is 67.3 Å². The number of amides is 1. The van der Waals surface area contributed by atoms with Crippen molar-refractivity contribution in [2.75, 3.05) is 37.6 Å². The van der Waals surface area contributed by atoms with Crippen molar-refractivity contribution in [3.8, 4) is 0 Å². The molecule has 3 aliphatic heterocycles. The zero-order valence-electron chi connectivity index (χ0n) is 15.7. The molecule has 4 aliphatic rings. The van der Waals surface area contributed by atoms with Gasteiger partial charge in [-0.05, 0) is 38.1 Å². The Bertz CT molecular complexity index is 669. The number of nitrogens with zero attached hydrogens (tertiary/aromatic N) is 4. The van der Waals surface area contributed by atoms with Crippen LogP contribution in [0.4, 0.5) is 5.13 Å². The Hall–Kier alpha value is -1.14. The van der Waals surface area contributed by atoms with Crippen LogP contribution in [0.5, 0.6) is 0 Å². The molecular weight excluding hydrogens is 344 g/mol. The third kappa shape index (κ3) is 3.26. The second-order valence-electron chi connectivity index (χ2n) is 8.56. The van der Waals surface area contributed by atoms with Gasteiger partial charge >= 0.3 is 0 Å². The van der Waals surface area contributed by atoms with Crippen molar-refractivity contribution in [2.45, 2.75) is 64.0 Å². The standard InChI is InChI=1S/C20H30N4OS/c25-19(12-15-4-1-2-5-15)23-9-7-17-18(14-23)26-20(21-17)24-11-10-22-8-3-6-16(22)13-24/h15-16H,1-14H2/t16-/m0/s1. The Morgan fingerprint density at radius 3 is 2.85 bits per heavy atom. The van der Waals surface area contributed by atoms with Gasteiger partial charge in [0.15, 0.2) is 5.13 Å². The fourth-order valence-corrected chi connectivity index (χ4v) is 6.44. The molecule has 0 unspecified atom stereocenters. The Morgan fingerprint density at radius 2 is 1.96 bits per heavy atom. The van der Waals surface area contributed by atoms with Crippen LogP contribution in [0.1, 0.15) is 55.5 Å². The van der Waals surface area contributed by atoms with Crippen LogP contribution in [0.25, 0.3) is 0 Å². The van der Waals surface area contributed by atoms with E-state index in [1.54, 1.807) is 0 Å². The lowest BCUT2D eigenvalue weighted by atomic mass is 10.0. The maximum Gasteiger partial charge on any atom is 0.223 e. The smallest absolute Gasteiger partial charge is 0.223 e. The number of anilines is 1. The number of carbonyl (C=O) groups excluding carboxylic acids is 1. The van der Waals surface area contributed by atoms with E-state index in [4.69, 9.17) is 4.98 Å². The minimum atomic E-state index is 0.372. The number of aromatic nitrogens is 1. The largest absolute Gasteiger partial charge is 0.345 e. The molecule has 0 radical (unpaired) electrons. The molecule has 4 heterocycles. The summed E-state index contributed by atoms with van der Waals surface area (Å²) in [5.41, 5.74) is 1.25. The average Bonchev–Trinajstić information content (AvgIpc) is 3.40. The summed E-state index contributed by atoms with van der Waals surface area (Å²) in [4.78, 5) is 26.2. The molecule has 1 saturated carbocycles. The molecule has 1 amide bonds. The van der Waals surface area contributed by atoms with Crippen LogP contribution in [0.2, 0.25) is 0 Å². The zero-order valence-corrected chi connectivity index (χ0v) is 16.5. The van der Waals surface area contributed by atoms with E-state index in [1.807, 2.05) is 11.3 Å².